The van der Waals surface area contributed by atoms with Crippen molar-refractivity contribution in [2.75, 3.05) is 12.3 Å². The van der Waals surface area contributed by atoms with Crippen LogP contribution in [0.3, 0.4) is 0 Å². The van der Waals surface area contributed by atoms with Crippen LogP contribution in [0.4, 0.5) is 0 Å². The van der Waals surface area contributed by atoms with E-state index in [1.54, 1.807) is 12.5 Å². The summed E-state index contributed by atoms with van der Waals surface area (Å²) in [6.07, 6.45) is 3.42. The van der Waals surface area contributed by atoms with Crippen molar-refractivity contribution >= 4 is 17.7 Å². The molecule has 0 bridgehead atoms. The van der Waals surface area contributed by atoms with Crippen LogP contribution in [0.2, 0.25) is 0 Å². The van der Waals surface area contributed by atoms with Gasteiger partial charge < -0.3 is 9.32 Å². The van der Waals surface area contributed by atoms with Crippen molar-refractivity contribution in [3.63, 3.8) is 0 Å². The molecule has 1 atom stereocenters. The largest absolute Gasteiger partial charge is 0.472 e. The number of thioether (sulfide) groups is 1. The molecule has 1 saturated heterocycles. The van der Waals surface area contributed by atoms with Crippen LogP contribution in [0.1, 0.15) is 21.5 Å². The number of rotatable bonds is 1. The van der Waals surface area contributed by atoms with Gasteiger partial charge in [-0.1, -0.05) is 18.2 Å². The number of furan rings is 1. The summed E-state index contributed by atoms with van der Waals surface area (Å²) in [6, 6.07) is 9.85. The van der Waals surface area contributed by atoms with Gasteiger partial charge in [0.05, 0.1) is 12.5 Å². The van der Waals surface area contributed by atoms with Gasteiger partial charge in [0.25, 0.3) is 5.91 Å². The third-order valence-corrected chi connectivity index (χ3v) is 5.17. The van der Waals surface area contributed by atoms with Gasteiger partial charge >= 0.3 is 0 Å². The van der Waals surface area contributed by atoms with Crippen LogP contribution in [0.5, 0.6) is 0 Å². The normalized spacial score (nSPS) is 25.3. The zero-order valence-electron chi connectivity index (χ0n) is 9.63. The monoisotopic (exact) mass is 257 g/mol. The maximum Gasteiger partial charge on any atom is 0.255 e. The summed E-state index contributed by atoms with van der Waals surface area (Å²) in [5, 5.41) is 0. The van der Waals surface area contributed by atoms with Crippen LogP contribution in [-0.4, -0.2) is 23.1 Å². The Bertz CT molecular complexity index is 622. The predicted molar refractivity (Wildman–Crippen MR) is 69.4 cm³/mol. The lowest BCUT2D eigenvalue weighted by Gasteiger charge is -2.30. The highest BCUT2D eigenvalue weighted by atomic mass is 32.2. The number of nitrogens with zero attached hydrogens (tertiary/aromatic N) is 1. The van der Waals surface area contributed by atoms with Crippen LogP contribution < -0.4 is 0 Å². The van der Waals surface area contributed by atoms with Crippen molar-refractivity contribution in [1.82, 2.24) is 4.90 Å². The first-order valence-electron chi connectivity index (χ1n) is 5.92. The Hall–Kier alpha value is -1.68. The van der Waals surface area contributed by atoms with Gasteiger partial charge in [-0.2, -0.15) is 0 Å². The lowest BCUT2D eigenvalue weighted by molar-refractivity contribution is 0.0752. The molecule has 2 aliphatic rings. The summed E-state index contributed by atoms with van der Waals surface area (Å²) >= 11 is 1.81. The molecule has 1 fully saturated rings. The molecule has 2 aromatic rings. The minimum Gasteiger partial charge on any atom is -0.472 e. The summed E-state index contributed by atoms with van der Waals surface area (Å²) in [7, 11) is 0. The Morgan fingerprint density at radius 1 is 1.28 bits per heavy atom. The zero-order chi connectivity index (χ0) is 12.2. The van der Waals surface area contributed by atoms with Crippen molar-refractivity contribution in [2.45, 2.75) is 4.87 Å². The molecule has 18 heavy (non-hydrogen) atoms. The number of carbonyl (C=O) groups excluding carboxylic acids is 1. The van der Waals surface area contributed by atoms with Crippen molar-refractivity contribution in [1.29, 1.82) is 0 Å². The van der Waals surface area contributed by atoms with Crippen molar-refractivity contribution in [3.8, 4) is 0 Å². The van der Waals surface area contributed by atoms with Gasteiger partial charge in [0.1, 0.15) is 4.87 Å². The van der Waals surface area contributed by atoms with E-state index >= 15 is 0 Å². The lowest BCUT2D eigenvalue weighted by atomic mass is 9.99. The Morgan fingerprint density at radius 3 is 3.00 bits per heavy atom. The lowest BCUT2D eigenvalue weighted by Crippen LogP contribution is -2.37. The highest BCUT2D eigenvalue weighted by molar-refractivity contribution is 8.00. The van der Waals surface area contributed by atoms with E-state index in [9.17, 15) is 4.79 Å². The topological polar surface area (TPSA) is 33.5 Å². The second kappa shape index (κ2) is 3.42. The van der Waals surface area contributed by atoms with Gasteiger partial charge in [0.15, 0.2) is 0 Å². The molecule has 4 rings (SSSR count). The summed E-state index contributed by atoms with van der Waals surface area (Å²) in [5.74, 6) is 1.10. The summed E-state index contributed by atoms with van der Waals surface area (Å²) in [5.41, 5.74) is 2.98. The van der Waals surface area contributed by atoms with E-state index in [0.29, 0.717) is 0 Å². The van der Waals surface area contributed by atoms with E-state index in [-0.39, 0.29) is 10.8 Å². The number of hydrogen-bond donors (Lipinski definition) is 0. The van der Waals surface area contributed by atoms with E-state index in [0.717, 1.165) is 29.0 Å². The standard InChI is InChI=1S/C14H11NO2S/c16-13-11-3-1-2-4-12(11)14(10-5-7-17-9-10)15(13)6-8-18-14/h1-5,7,9H,6,8H2. The fraction of sp³-hybridized carbons (Fsp3) is 0.214. The minimum atomic E-state index is -0.360. The molecule has 0 saturated carbocycles. The molecule has 4 heteroatoms. The Labute approximate surface area is 109 Å². The second-order valence-electron chi connectivity index (χ2n) is 4.51. The quantitative estimate of drug-likeness (QED) is 0.787. The summed E-state index contributed by atoms with van der Waals surface area (Å²) in [6.45, 7) is 0.795. The number of carbonyl (C=O) groups is 1. The molecule has 0 N–H and O–H groups in total. The number of hydrogen-bond acceptors (Lipinski definition) is 3. The van der Waals surface area contributed by atoms with Gasteiger partial charge in [-0.3, -0.25) is 4.79 Å². The Kier molecular flexibility index (Phi) is 1.95. The van der Waals surface area contributed by atoms with E-state index < -0.39 is 0 Å². The third-order valence-electron chi connectivity index (χ3n) is 3.69. The average Bonchev–Trinajstić information content (AvgIpc) is 3.09. The molecule has 0 radical (unpaired) electrons. The highest BCUT2D eigenvalue weighted by Gasteiger charge is 2.54. The summed E-state index contributed by atoms with van der Waals surface area (Å²) in [4.78, 5) is 14.1. The van der Waals surface area contributed by atoms with E-state index in [2.05, 4.69) is 6.07 Å². The number of fused-ring (bicyclic) bond motifs is 3. The first-order chi connectivity index (χ1) is 8.84. The maximum absolute atomic E-state index is 12.5. The molecule has 1 amide bonds. The third kappa shape index (κ3) is 1.04. The SMILES string of the molecule is O=C1c2ccccc2C2(c3ccoc3)SCCN12. The molecule has 2 aliphatic heterocycles. The molecule has 1 aromatic heterocycles. The molecule has 1 aromatic carbocycles. The van der Waals surface area contributed by atoms with Crippen LogP contribution in [-0.2, 0) is 4.87 Å². The Balaban J connectivity index is 2.03. The average molecular weight is 257 g/mol. The summed E-state index contributed by atoms with van der Waals surface area (Å²) < 4.78 is 5.23. The molecule has 3 nitrogen and oxygen atoms in total. The zero-order valence-corrected chi connectivity index (χ0v) is 10.4. The molecular formula is C14H11NO2S. The fourth-order valence-electron chi connectivity index (χ4n) is 2.95. The van der Waals surface area contributed by atoms with Gasteiger partial charge in [0, 0.05) is 29.0 Å². The highest BCUT2D eigenvalue weighted by Crippen LogP contribution is 2.55. The molecular weight excluding hydrogens is 246 g/mol. The van der Waals surface area contributed by atoms with E-state index in [1.165, 1.54) is 0 Å². The number of amides is 1. The molecule has 0 spiro atoms. The molecule has 90 valence electrons. The van der Waals surface area contributed by atoms with Gasteiger partial charge in [0.2, 0.25) is 0 Å². The Morgan fingerprint density at radius 2 is 2.17 bits per heavy atom. The first-order valence-corrected chi connectivity index (χ1v) is 6.91. The van der Waals surface area contributed by atoms with Gasteiger partial charge in [-0.15, -0.1) is 11.8 Å². The molecule has 3 heterocycles. The molecule has 0 aliphatic carbocycles. The van der Waals surface area contributed by atoms with Gasteiger partial charge in [-0.05, 0) is 12.1 Å². The predicted octanol–water partition coefficient (Wildman–Crippen LogP) is 2.68. The minimum absolute atomic E-state index is 0.136. The van der Waals surface area contributed by atoms with Crippen molar-refractivity contribution < 1.29 is 9.21 Å². The molecule has 1 unspecified atom stereocenters. The smallest absolute Gasteiger partial charge is 0.255 e. The van der Waals surface area contributed by atoms with Crippen LogP contribution >= 0.6 is 11.8 Å². The fourth-order valence-corrected chi connectivity index (χ4v) is 4.47. The van der Waals surface area contributed by atoms with Crippen LogP contribution in [0, 0.1) is 0 Å². The van der Waals surface area contributed by atoms with E-state index in [1.807, 2.05) is 40.9 Å². The second-order valence-corrected chi connectivity index (χ2v) is 5.79. The number of benzene rings is 1. The maximum atomic E-state index is 12.5. The van der Waals surface area contributed by atoms with Gasteiger partial charge in [-0.25, -0.2) is 0 Å². The van der Waals surface area contributed by atoms with Crippen molar-refractivity contribution in [2.24, 2.45) is 0 Å². The first kappa shape index (κ1) is 10.3. The van der Waals surface area contributed by atoms with E-state index in [4.69, 9.17) is 4.42 Å². The van der Waals surface area contributed by atoms with Crippen molar-refractivity contribution in [3.05, 3.63) is 59.5 Å². The van der Waals surface area contributed by atoms with Crippen LogP contribution in [0.15, 0.2) is 47.3 Å². The van der Waals surface area contributed by atoms with Crippen LogP contribution in [0.25, 0.3) is 0 Å².